The maximum Gasteiger partial charge on any atom is 0.306 e. The standard InChI is InChI=1S/C68H124O6/c1-4-7-10-13-16-18-20-22-24-26-27-28-29-30-31-32-33-34-35-36-37-38-39-40-41-43-44-46-48-50-52-55-58-61-67(70)73-64-65(63-72-66(69)60-57-54-15-12-9-6-3)74-68(71)62-59-56-53-51-49-47-45-42-25-23-21-19-17-14-11-8-5-2/h8,11,17,19,23,25,45,47,65H,4-7,9-10,12-16,18,20-22,24,26-44,46,48-64H2,1-3H3/b11-8-,19-17-,25-23-,47-45-. The van der Waals surface area contributed by atoms with Crippen LogP contribution in [0.25, 0.3) is 0 Å². The Morgan fingerprint density at radius 2 is 0.527 bits per heavy atom. The molecule has 0 aliphatic rings. The summed E-state index contributed by atoms with van der Waals surface area (Å²) in [7, 11) is 0. The largest absolute Gasteiger partial charge is 0.462 e. The van der Waals surface area contributed by atoms with Gasteiger partial charge in [0.1, 0.15) is 13.2 Å². The topological polar surface area (TPSA) is 78.9 Å². The Labute approximate surface area is 460 Å². The molecule has 6 heteroatoms. The van der Waals surface area contributed by atoms with Gasteiger partial charge in [-0.3, -0.25) is 14.4 Å². The molecule has 432 valence electrons. The van der Waals surface area contributed by atoms with Crippen LogP contribution in [0.4, 0.5) is 0 Å². The zero-order valence-electron chi connectivity index (χ0n) is 49.6. The van der Waals surface area contributed by atoms with Gasteiger partial charge in [-0.05, 0) is 57.8 Å². The van der Waals surface area contributed by atoms with Crippen LogP contribution in [0.2, 0.25) is 0 Å². The average Bonchev–Trinajstić information content (AvgIpc) is 3.40. The van der Waals surface area contributed by atoms with E-state index in [-0.39, 0.29) is 31.1 Å². The maximum absolute atomic E-state index is 12.8. The Morgan fingerprint density at radius 1 is 0.284 bits per heavy atom. The first kappa shape index (κ1) is 71.4. The summed E-state index contributed by atoms with van der Waals surface area (Å²) in [6.45, 7) is 6.49. The molecule has 0 rings (SSSR count). The third-order valence-corrected chi connectivity index (χ3v) is 14.6. The highest BCUT2D eigenvalue weighted by Gasteiger charge is 2.19. The van der Waals surface area contributed by atoms with Crippen LogP contribution in [-0.2, 0) is 28.6 Å². The highest BCUT2D eigenvalue weighted by atomic mass is 16.6. The Morgan fingerprint density at radius 3 is 0.824 bits per heavy atom. The summed E-state index contributed by atoms with van der Waals surface area (Å²) in [6.07, 6.45) is 79.0. The number of hydrogen-bond donors (Lipinski definition) is 0. The van der Waals surface area contributed by atoms with Gasteiger partial charge in [-0.2, -0.15) is 0 Å². The van der Waals surface area contributed by atoms with Crippen molar-refractivity contribution < 1.29 is 28.6 Å². The number of allylic oxidation sites excluding steroid dienone is 8. The Hall–Kier alpha value is -2.63. The zero-order chi connectivity index (χ0) is 53.6. The van der Waals surface area contributed by atoms with Crippen molar-refractivity contribution in [2.75, 3.05) is 13.2 Å². The number of carbonyl (C=O) groups excluding carboxylic acids is 3. The molecule has 0 aliphatic heterocycles. The lowest BCUT2D eigenvalue weighted by atomic mass is 10.0. The summed E-state index contributed by atoms with van der Waals surface area (Å²) in [6, 6.07) is 0. The van der Waals surface area contributed by atoms with Crippen molar-refractivity contribution in [1.82, 2.24) is 0 Å². The number of esters is 3. The first-order valence-corrected chi connectivity index (χ1v) is 32.6. The lowest BCUT2D eigenvalue weighted by Crippen LogP contribution is -2.30. The van der Waals surface area contributed by atoms with E-state index in [0.717, 1.165) is 96.3 Å². The molecule has 0 aromatic rings. The van der Waals surface area contributed by atoms with Crippen molar-refractivity contribution >= 4 is 17.9 Å². The molecule has 0 saturated carbocycles. The van der Waals surface area contributed by atoms with Crippen molar-refractivity contribution in [3.05, 3.63) is 48.6 Å². The molecule has 0 amide bonds. The predicted octanol–water partition coefficient (Wildman–Crippen LogP) is 22.2. The van der Waals surface area contributed by atoms with E-state index in [1.807, 2.05) is 0 Å². The highest BCUT2D eigenvalue weighted by molar-refractivity contribution is 5.71. The van der Waals surface area contributed by atoms with Gasteiger partial charge < -0.3 is 14.2 Å². The molecular weight excluding hydrogens is 913 g/mol. The second kappa shape index (κ2) is 62.9. The van der Waals surface area contributed by atoms with E-state index in [2.05, 4.69) is 69.4 Å². The van der Waals surface area contributed by atoms with Crippen molar-refractivity contribution in [2.24, 2.45) is 0 Å². The SMILES string of the molecule is CC/C=C\C/C=C\C/C=C\C/C=C\CCCCCCC(=O)OC(COC(=O)CCCCCCCC)COC(=O)CCCCCCCCCCCCCCCCCCCCCCCCCCCCCCCCCCC. The molecule has 0 bridgehead atoms. The Bertz CT molecular complexity index is 1280. The number of unbranched alkanes of at least 4 members (excludes halogenated alkanes) is 41. The van der Waals surface area contributed by atoms with Crippen LogP contribution in [0.3, 0.4) is 0 Å². The molecule has 1 atom stereocenters. The van der Waals surface area contributed by atoms with Crippen LogP contribution >= 0.6 is 0 Å². The first-order valence-electron chi connectivity index (χ1n) is 32.6. The molecular formula is C68H124O6. The molecule has 0 aliphatic carbocycles. The summed E-state index contributed by atoms with van der Waals surface area (Å²) < 4.78 is 16.8. The lowest BCUT2D eigenvalue weighted by Gasteiger charge is -2.18. The van der Waals surface area contributed by atoms with E-state index in [1.54, 1.807) is 0 Å². The summed E-state index contributed by atoms with van der Waals surface area (Å²) in [5, 5.41) is 0. The van der Waals surface area contributed by atoms with Crippen LogP contribution in [0, 0.1) is 0 Å². The fourth-order valence-electron chi connectivity index (χ4n) is 9.73. The van der Waals surface area contributed by atoms with Crippen LogP contribution < -0.4 is 0 Å². The molecule has 0 spiro atoms. The van der Waals surface area contributed by atoms with Gasteiger partial charge in [0.05, 0.1) is 0 Å². The first-order chi connectivity index (χ1) is 36.5. The molecule has 0 N–H and O–H groups in total. The van der Waals surface area contributed by atoms with Gasteiger partial charge >= 0.3 is 17.9 Å². The van der Waals surface area contributed by atoms with Crippen LogP contribution in [0.1, 0.15) is 348 Å². The van der Waals surface area contributed by atoms with E-state index in [0.29, 0.717) is 19.3 Å². The summed E-state index contributed by atoms with van der Waals surface area (Å²) in [5.74, 6) is -0.899. The third-order valence-electron chi connectivity index (χ3n) is 14.6. The van der Waals surface area contributed by atoms with Gasteiger partial charge in [-0.1, -0.05) is 320 Å². The molecule has 0 radical (unpaired) electrons. The quantitative estimate of drug-likeness (QED) is 0.0261. The minimum atomic E-state index is -0.781. The molecule has 6 nitrogen and oxygen atoms in total. The monoisotopic (exact) mass is 1040 g/mol. The second-order valence-electron chi connectivity index (χ2n) is 22.0. The van der Waals surface area contributed by atoms with E-state index < -0.39 is 6.10 Å². The van der Waals surface area contributed by atoms with Crippen molar-refractivity contribution in [1.29, 1.82) is 0 Å². The average molecular weight is 1040 g/mol. The normalized spacial score (nSPS) is 12.3. The third kappa shape index (κ3) is 60.2. The van der Waals surface area contributed by atoms with Crippen molar-refractivity contribution in [2.45, 2.75) is 354 Å². The van der Waals surface area contributed by atoms with Crippen LogP contribution in [-0.4, -0.2) is 37.2 Å². The number of ether oxygens (including phenoxy) is 3. The van der Waals surface area contributed by atoms with Crippen molar-refractivity contribution in [3.8, 4) is 0 Å². The van der Waals surface area contributed by atoms with Crippen LogP contribution in [0.15, 0.2) is 48.6 Å². The minimum Gasteiger partial charge on any atom is -0.462 e. The Balaban J connectivity index is 3.94. The predicted molar refractivity (Wildman–Crippen MR) is 321 cm³/mol. The zero-order valence-corrected chi connectivity index (χ0v) is 49.6. The van der Waals surface area contributed by atoms with Gasteiger partial charge in [0.15, 0.2) is 6.10 Å². The molecule has 0 aromatic heterocycles. The highest BCUT2D eigenvalue weighted by Crippen LogP contribution is 2.18. The van der Waals surface area contributed by atoms with Crippen molar-refractivity contribution in [3.63, 3.8) is 0 Å². The number of carbonyl (C=O) groups is 3. The summed E-state index contributed by atoms with van der Waals surface area (Å²) in [4.78, 5) is 37.9. The molecule has 74 heavy (non-hydrogen) atoms. The van der Waals surface area contributed by atoms with Crippen LogP contribution in [0.5, 0.6) is 0 Å². The fourth-order valence-corrected chi connectivity index (χ4v) is 9.73. The van der Waals surface area contributed by atoms with Gasteiger partial charge in [-0.15, -0.1) is 0 Å². The number of hydrogen-bond acceptors (Lipinski definition) is 6. The smallest absolute Gasteiger partial charge is 0.306 e. The Kier molecular flexibility index (Phi) is 60.7. The molecule has 0 heterocycles. The lowest BCUT2D eigenvalue weighted by molar-refractivity contribution is -0.167. The van der Waals surface area contributed by atoms with E-state index in [1.165, 1.54) is 212 Å². The fraction of sp³-hybridized carbons (Fsp3) is 0.838. The van der Waals surface area contributed by atoms with Gasteiger partial charge in [0, 0.05) is 19.3 Å². The summed E-state index contributed by atoms with van der Waals surface area (Å²) >= 11 is 0. The van der Waals surface area contributed by atoms with Gasteiger partial charge in [-0.25, -0.2) is 0 Å². The maximum atomic E-state index is 12.8. The van der Waals surface area contributed by atoms with Gasteiger partial charge in [0.2, 0.25) is 0 Å². The van der Waals surface area contributed by atoms with Gasteiger partial charge in [0.25, 0.3) is 0 Å². The second-order valence-corrected chi connectivity index (χ2v) is 22.0. The number of rotatable bonds is 60. The van der Waals surface area contributed by atoms with E-state index in [9.17, 15) is 14.4 Å². The molecule has 0 aromatic carbocycles. The van der Waals surface area contributed by atoms with E-state index in [4.69, 9.17) is 14.2 Å². The van der Waals surface area contributed by atoms with E-state index >= 15 is 0 Å². The summed E-state index contributed by atoms with van der Waals surface area (Å²) in [5.41, 5.74) is 0. The molecule has 0 fully saturated rings. The molecule has 0 saturated heterocycles. The minimum absolute atomic E-state index is 0.0800. The molecule has 1 unspecified atom stereocenters.